The number of fused-ring (bicyclic) bond motifs is 1. The standard InChI is InChI=1S/C8H10N8O2S2/c1-9-5-6(16-3-4-19-8(16)10-5)20(17,18)13-7-11-14-15(2)12-7/h3-4,9H,1-2H3,(H,12,13). The lowest BCUT2D eigenvalue weighted by Crippen LogP contribution is -2.17. The highest BCUT2D eigenvalue weighted by molar-refractivity contribution is 7.92. The number of hydrogen-bond acceptors (Lipinski definition) is 8. The molecule has 0 amide bonds. The van der Waals surface area contributed by atoms with Crippen molar-refractivity contribution >= 4 is 38.1 Å². The Morgan fingerprint density at radius 1 is 1.40 bits per heavy atom. The predicted molar refractivity (Wildman–Crippen MR) is 72.2 cm³/mol. The lowest BCUT2D eigenvalue weighted by molar-refractivity contribution is 0.596. The lowest BCUT2D eigenvalue weighted by Gasteiger charge is -2.05. The number of imidazole rings is 1. The highest BCUT2D eigenvalue weighted by atomic mass is 32.2. The number of anilines is 2. The number of thiazole rings is 1. The lowest BCUT2D eigenvalue weighted by atomic mass is 10.7. The molecule has 0 spiro atoms. The number of tetrazole rings is 1. The molecule has 0 radical (unpaired) electrons. The number of aryl methyl sites for hydroxylation is 1. The zero-order chi connectivity index (χ0) is 14.3. The summed E-state index contributed by atoms with van der Waals surface area (Å²) >= 11 is 1.34. The SMILES string of the molecule is CNc1nc2sccn2c1S(=O)(=O)Nc1nnn(C)n1. The Hall–Kier alpha value is -2.21. The van der Waals surface area contributed by atoms with Crippen LogP contribution >= 0.6 is 11.3 Å². The van der Waals surface area contributed by atoms with E-state index in [4.69, 9.17) is 0 Å². The van der Waals surface area contributed by atoms with Gasteiger partial charge in [0, 0.05) is 18.6 Å². The van der Waals surface area contributed by atoms with Gasteiger partial charge < -0.3 is 5.32 Å². The number of rotatable bonds is 4. The van der Waals surface area contributed by atoms with E-state index in [1.54, 1.807) is 25.7 Å². The predicted octanol–water partition coefficient (Wildman–Crippen LogP) is -0.238. The molecule has 0 bridgehead atoms. The van der Waals surface area contributed by atoms with Gasteiger partial charge in [0.2, 0.25) is 5.03 Å². The number of aromatic nitrogens is 6. The average Bonchev–Trinajstić information content (AvgIpc) is 3.02. The molecule has 2 N–H and O–H groups in total. The van der Waals surface area contributed by atoms with E-state index in [0.717, 1.165) is 4.80 Å². The second kappa shape index (κ2) is 4.42. The van der Waals surface area contributed by atoms with Gasteiger partial charge in [-0.3, -0.25) is 4.40 Å². The summed E-state index contributed by atoms with van der Waals surface area (Å²) in [7, 11) is -0.735. The maximum Gasteiger partial charge on any atom is 0.284 e. The first-order valence-corrected chi connectivity index (χ1v) is 7.77. The van der Waals surface area contributed by atoms with E-state index in [0.29, 0.717) is 4.96 Å². The van der Waals surface area contributed by atoms with E-state index in [2.05, 4.69) is 30.4 Å². The number of hydrogen-bond donors (Lipinski definition) is 2. The highest BCUT2D eigenvalue weighted by Crippen LogP contribution is 2.26. The van der Waals surface area contributed by atoms with E-state index in [1.807, 2.05) is 0 Å². The summed E-state index contributed by atoms with van der Waals surface area (Å²) in [6, 6.07) is 0. The van der Waals surface area contributed by atoms with Crippen molar-refractivity contribution in [3.05, 3.63) is 11.6 Å². The van der Waals surface area contributed by atoms with Crippen LogP contribution in [0.4, 0.5) is 11.8 Å². The first-order chi connectivity index (χ1) is 9.51. The zero-order valence-electron chi connectivity index (χ0n) is 10.5. The van der Waals surface area contributed by atoms with Gasteiger partial charge >= 0.3 is 0 Å². The van der Waals surface area contributed by atoms with Crippen LogP contribution in [0.25, 0.3) is 4.96 Å². The van der Waals surface area contributed by atoms with Crippen LogP contribution in [0, 0.1) is 0 Å². The van der Waals surface area contributed by atoms with Crippen molar-refractivity contribution in [1.29, 1.82) is 0 Å². The van der Waals surface area contributed by atoms with E-state index in [1.165, 1.54) is 15.7 Å². The maximum absolute atomic E-state index is 12.4. The maximum atomic E-state index is 12.4. The van der Waals surface area contributed by atoms with Crippen molar-refractivity contribution in [1.82, 2.24) is 29.6 Å². The van der Waals surface area contributed by atoms with E-state index in [9.17, 15) is 8.42 Å². The van der Waals surface area contributed by atoms with Gasteiger partial charge in [-0.15, -0.1) is 16.4 Å². The molecule has 0 saturated carbocycles. The smallest absolute Gasteiger partial charge is 0.284 e. The molecule has 0 aliphatic rings. The quantitative estimate of drug-likeness (QED) is 0.682. The fourth-order valence-electron chi connectivity index (χ4n) is 1.68. The first kappa shape index (κ1) is 12.8. The molecular formula is C8H10N8O2S2. The fourth-order valence-corrected chi connectivity index (χ4v) is 3.68. The molecule has 3 aromatic rings. The summed E-state index contributed by atoms with van der Waals surface area (Å²) in [5, 5.41) is 15.5. The van der Waals surface area contributed by atoms with Crippen LogP contribution in [0.2, 0.25) is 0 Å². The monoisotopic (exact) mass is 314 g/mol. The Morgan fingerprint density at radius 2 is 2.20 bits per heavy atom. The molecule has 0 fully saturated rings. The van der Waals surface area contributed by atoms with Crippen LogP contribution in [-0.4, -0.2) is 45.1 Å². The number of nitrogens with zero attached hydrogens (tertiary/aromatic N) is 6. The van der Waals surface area contributed by atoms with Gasteiger partial charge in [-0.2, -0.15) is 13.2 Å². The minimum Gasteiger partial charge on any atom is -0.371 e. The zero-order valence-corrected chi connectivity index (χ0v) is 12.1. The molecule has 20 heavy (non-hydrogen) atoms. The van der Waals surface area contributed by atoms with Gasteiger partial charge in [-0.1, -0.05) is 5.10 Å². The van der Waals surface area contributed by atoms with Crippen LogP contribution in [0.3, 0.4) is 0 Å². The van der Waals surface area contributed by atoms with Gasteiger partial charge in [-0.05, 0) is 5.21 Å². The summed E-state index contributed by atoms with van der Waals surface area (Å²) in [6.45, 7) is 0. The van der Waals surface area contributed by atoms with E-state index >= 15 is 0 Å². The second-order valence-electron chi connectivity index (χ2n) is 3.78. The van der Waals surface area contributed by atoms with Crippen molar-refractivity contribution in [3.63, 3.8) is 0 Å². The third-order valence-corrected chi connectivity index (χ3v) is 4.55. The van der Waals surface area contributed by atoms with E-state index < -0.39 is 10.0 Å². The van der Waals surface area contributed by atoms with Crippen molar-refractivity contribution < 1.29 is 8.42 Å². The largest absolute Gasteiger partial charge is 0.371 e. The van der Waals surface area contributed by atoms with Crippen molar-refractivity contribution in [2.24, 2.45) is 7.05 Å². The van der Waals surface area contributed by atoms with Crippen molar-refractivity contribution in [2.45, 2.75) is 5.03 Å². The molecule has 3 rings (SSSR count). The van der Waals surface area contributed by atoms with Gasteiger partial charge in [0.15, 0.2) is 10.8 Å². The topological polar surface area (TPSA) is 119 Å². The minimum atomic E-state index is -3.88. The Bertz CT molecular complexity index is 860. The fraction of sp³-hybridized carbons (Fsp3) is 0.250. The molecule has 3 aromatic heterocycles. The normalized spacial score (nSPS) is 11.9. The number of nitrogens with one attached hydrogen (secondary N) is 2. The summed E-state index contributed by atoms with van der Waals surface area (Å²) in [6.07, 6.45) is 1.63. The molecule has 3 heterocycles. The molecule has 0 unspecified atom stereocenters. The summed E-state index contributed by atoms with van der Waals surface area (Å²) in [4.78, 5) is 5.93. The van der Waals surface area contributed by atoms with Crippen LogP contribution in [0.15, 0.2) is 16.6 Å². The second-order valence-corrected chi connectivity index (χ2v) is 6.25. The average molecular weight is 314 g/mol. The molecule has 0 aromatic carbocycles. The van der Waals surface area contributed by atoms with Crippen molar-refractivity contribution in [2.75, 3.05) is 17.1 Å². The van der Waals surface area contributed by atoms with Crippen LogP contribution in [0.5, 0.6) is 0 Å². The van der Waals surface area contributed by atoms with Crippen LogP contribution in [0.1, 0.15) is 0 Å². The van der Waals surface area contributed by atoms with Crippen LogP contribution < -0.4 is 10.0 Å². The molecule has 0 saturated heterocycles. The molecule has 0 aliphatic carbocycles. The minimum absolute atomic E-state index is 0.00343. The first-order valence-electron chi connectivity index (χ1n) is 5.41. The Balaban J connectivity index is 2.10. The third-order valence-electron chi connectivity index (χ3n) is 2.44. The van der Waals surface area contributed by atoms with Crippen LogP contribution in [-0.2, 0) is 17.1 Å². The molecule has 12 heteroatoms. The molecular weight excluding hydrogens is 304 g/mol. The van der Waals surface area contributed by atoms with Crippen molar-refractivity contribution in [3.8, 4) is 0 Å². The van der Waals surface area contributed by atoms with Gasteiger partial charge in [0.05, 0.1) is 7.05 Å². The molecule has 0 atom stereocenters. The van der Waals surface area contributed by atoms with E-state index in [-0.39, 0.29) is 16.8 Å². The Labute approximate surface area is 117 Å². The van der Waals surface area contributed by atoms with Gasteiger partial charge in [0.25, 0.3) is 16.0 Å². The highest BCUT2D eigenvalue weighted by Gasteiger charge is 2.26. The molecule has 10 nitrogen and oxygen atoms in total. The van der Waals surface area contributed by atoms with Gasteiger partial charge in [0.1, 0.15) is 0 Å². The summed E-state index contributed by atoms with van der Waals surface area (Å²) in [5.74, 6) is 0.160. The number of sulfonamides is 1. The molecule has 0 aliphatic heterocycles. The Kier molecular flexibility index (Phi) is 2.83. The third kappa shape index (κ3) is 1.98. The molecule has 106 valence electrons. The summed E-state index contributed by atoms with van der Waals surface area (Å²) < 4.78 is 28.6. The summed E-state index contributed by atoms with van der Waals surface area (Å²) in [5.41, 5.74) is 0. The Morgan fingerprint density at radius 3 is 2.85 bits per heavy atom. The van der Waals surface area contributed by atoms with Gasteiger partial charge in [-0.25, -0.2) is 9.71 Å².